The fraction of sp³-hybridized carbons (Fsp3) is 0.391. The van der Waals surface area contributed by atoms with Crippen LogP contribution >= 0.6 is 0 Å². The largest absolute Gasteiger partial charge is 0.478 e. The summed E-state index contributed by atoms with van der Waals surface area (Å²) in [5.74, 6) is -0.233. The highest BCUT2D eigenvalue weighted by Crippen LogP contribution is 2.45. The summed E-state index contributed by atoms with van der Waals surface area (Å²) in [5.41, 5.74) is 7.99. The van der Waals surface area contributed by atoms with E-state index in [2.05, 4.69) is 10.9 Å². The lowest BCUT2D eigenvalue weighted by Crippen LogP contribution is -2.44. The van der Waals surface area contributed by atoms with E-state index < -0.39 is 5.97 Å². The average Bonchev–Trinajstić information content (AvgIpc) is 3.35. The monoisotopic (exact) mass is 394 g/mol. The van der Waals surface area contributed by atoms with Crippen molar-refractivity contribution in [3.05, 3.63) is 71.3 Å². The Balaban J connectivity index is 1.30. The van der Waals surface area contributed by atoms with Gasteiger partial charge in [-0.15, -0.1) is 0 Å². The molecule has 29 heavy (non-hydrogen) atoms. The molecule has 1 amide bonds. The van der Waals surface area contributed by atoms with Crippen LogP contribution in [-0.2, 0) is 11.2 Å². The Labute approximate surface area is 170 Å². The number of aryl methyl sites for hydroxylation is 1. The average molecular weight is 394 g/mol. The van der Waals surface area contributed by atoms with Gasteiger partial charge in [-0.05, 0) is 61.4 Å². The summed E-state index contributed by atoms with van der Waals surface area (Å²) in [4.78, 5) is 23.2. The van der Waals surface area contributed by atoms with E-state index in [0.29, 0.717) is 29.5 Å². The van der Waals surface area contributed by atoms with Crippen molar-refractivity contribution in [1.82, 2.24) is 10.9 Å². The Hall–Kier alpha value is -2.70. The second kappa shape index (κ2) is 8.76. The number of amides is 1. The first-order chi connectivity index (χ1) is 14.1. The third-order valence-corrected chi connectivity index (χ3v) is 6.13. The van der Waals surface area contributed by atoms with Crippen LogP contribution in [0.25, 0.3) is 0 Å². The summed E-state index contributed by atoms with van der Waals surface area (Å²) in [6.07, 6.45) is 4.60. The van der Waals surface area contributed by atoms with Gasteiger partial charge in [0.25, 0.3) is 5.91 Å². The summed E-state index contributed by atoms with van der Waals surface area (Å²) in [6.45, 7) is 0.683. The van der Waals surface area contributed by atoms with Gasteiger partial charge in [0.2, 0.25) is 0 Å². The van der Waals surface area contributed by atoms with E-state index in [-0.39, 0.29) is 18.1 Å². The van der Waals surface area contributed by atoms with Gasteiger partial charge in [0.05, 0.1) is 17.8 Å². The summed E-state index contributed by atoms with van der Waals surface area (Å²) in [5, 5.41) is 9.03. The number of hydrogen-bond donors (Lipinski definition) is 3. The molecule has 0 aromatic heterocycles. The summed E-state index contributed by atoms with van der Waals surface area (Å²) < 4.78 is 6.15. The minimum atomic E-state index is -0.901. The number of carboxylic acid groups (broad SMARTS) is 1. The number of fused-ring (bicyclic) bond motifs is 2. The van der Waals surface area contributed by atoms with Crippen molar-refractivity contribution in [2.24, 2.45) is 11.8 Å². The number of hydrazine groups is 1. The molecule has 0 unspecified atom stereocenters. The normalized spacial score (nSPS) is 25.1. The fourth-order valence-corrected chi connectivity index (χ4v) is 4.61. The molecule has 2 heterocycles. The molecule has 2 saturated heterocycles. The van der Waals surface area contributed by atoms with Crippen LogP contribution in [0.3, 0.4) is 0 Å². The number of aromatic carboxylic acids is 1. The summed E-state index contributed by atoms with van der Waals surface area (Å²) in [6, 6.07) is 16.3. The molecule has 4 rings (SSSR count). The molecule has 2 aliphatic rings. The quantitative estimate of drug-likeness (QED) is 0.599. The van der Waals surface area contributed by atoms with Crippen LogP contribution in [0.1, 0.15) is 45.5 Å². The molecule has 0 spiro atoms. The molecular weight excluding hydrogens is 368 g/mol. The number of rotatable bonds is 8. The Kier molecular flexibility index (Phi) is 5.92. The van der Waals surface area contributed by atoms with Crippen LogP contribution in [-0.4, -0.2) is 35.7 Å². The molecule has 2 bridgehead atoms. The predicted octanol–water partition coefficient (Wildman–Crippen LogP) is 3.05. The second-order valence-electron chi connectivity index (χ2n) is 7.86. The zero-order valence-electron chi connectivity index (χ0n) is 16.2. The lowest BCUT2D eigenvalue weighted by Gasteiger charge is -2.28. The van der Waals surface area contributed by atoms with E-state index in [9.17, 15) is 9.59 Å². The molecule has 2 aliphatic heterocycles. The van der Waals surface area contributed by atoms with Crippen molar-refractivity contribution in [1.29, 1.82) is 0 Å². The van der Waals surface area contributed by atoms with E-state index >= 15 is 0 Å². The number of hydrogen-bond acceptors (Lipinski definition) is 4. The van der Waals surface area contributed by atoms with Gasteiger partial charge in [-0.25, -0.2) is 10.2 Å². The molecule has 2 aromatic carbocycles. The van der Waals surface area contributed by atoms with Crippen molar-refractivity contribution in [2.75, 3.05) is 6.54 Å². The molecule has 0 saturated carbocycles. The molecular formula is C23H26N2O4. The smallest absolute Gasteiger partial charge is 0.335 e. The van der Waals surface area contributed by atoms with E-state index in [1.807, 2.05) is 30.3 Å². The standard InChI is InChI=1S/C23H26N2O4/c26-22(16-4-2-1-3-5-16)25-24-14-19-18(20-12-13-21(19)29-20)11-8-15-6-9-17(10-7-15)23(27)28/h1-7,9-10,18-21,24H,8,11-14H2,(H,25,26)(H,27,28)/t18-,19-,20+,21-/m0/s1. The van der Waals surface area contributed by atoms with Gasteiger partial charge in [0.15, 0.2) is 0 Å². The van der Waals surface area contributed by atoms with Crippen molar-refractivity contribution < 1.29 is 19.4 Å². The van der Waals surface area contributed by atoms with Gasteiger partial charge in [0.1, 0.15) is 0 Å². The number of benzene rings is 2. The topological polar surface area (TPSA) is 87.7 Å². The van der Waals surface area contributed by atoms with Gasteiger partial charge >= 0.3 is 5.97 Å². The molecule has 4 atom stereocenters. The molecule has 2 aromatic rings. The van der Waals surface area contributed by atoms with Gasteiger partial charge in [-0.2, -0.15) is 0 Å². The molecule has 0 radical (unpaired) electrons. The van der Waals surface area contributed by atoms with Crippen LogP contribution in [0.5, 0.6) is 0 Å². The number of carbonyl (C=O) groups excluding carboxylic acids is 1. The van der Waals surface area contributed by atoms with Crippen LogP contribution in [0.2, 0.25) is 0 Å². The van der Waals surface area contributed by atoms with Crippen molar-refractivity contribution in [3.63, 3.8) is 0 Å². The molecule has 2 fully saturated rings. The van der Waals surface area contributed by atoms with Gasteiger partial charge < -0.3 is 9.84 Å². The number of carboxylic acids is 1. The lowest BCUT2D eigenvalue weighted by molar-refractivity contribution is 0.0696. The lowest BCUT2D eigenvalue weighted by atomic mass is 9.76. The van der Waals surface area contributed by atoms with Crippen LogP contribution in [0.15, 0.2) is 54.6 Å². The first kappa shape index (κ1) is 19.6. The Bertz CT molecular complexity index is 853. The van der Waals surface area contributed by atoms with Crippen molar-refractivity contribution in [3.8, 4) is 0 Å². The van der Waals surface area contributed by atoms with E-state index in [1.54, 1.807) is 24.3 Å². The third-order valence-electron chi connectivity index (χ3n) is 6.13. The zero-order valence-corrected chi connectivity index (χ0v) is 16.2. The minimum Gasteiger partial charge on any atom is -0.478 e. The first-order valence-electron chi connectivity index (χ1n) is 10.2. The molecule has 152 valence electrons. The van der Waals surface area contributed by atoms with Crippen LogP contribution in [0, 0.1) is 11.8 Å². The molecule has 0 aliphatic carbocycles. The molecule has 3 N–H and O–H groups in total. The van der Waals surface area contributed by atoms with E-state index in [4.69, 9.17) is 9.84 Å². The maximum atomic E-state index is 12.2. The Morgan fingerprint density at radius 3 is 2.31 bits per heavy atom. The highest BCUT2D eigenvalue weighted by Gasteiger charge is 2.48. The van der Waals surface area contributed by atoms with Crippen molar-refractivity contribution >= 4 is 11.9 Å². The molecule has 6 nitrogen and oxygen atoms in total. The van der Waals surface area contributed by atoms with Crippen LogP contribution < -0.4 is 10.9 Å². The third kappa shape index (κ3) is 4.49. The van der Waals surface area contributed by atoms with Gasteiger partial charge in [0, 0.05) is 18.0 Å². The predicted molar refractivity (Wildman–Crippen MR) is 109 cm³/mol. The molecule has 6 heteroatoms. The van der Waals surface area contributed by atoms with Gasteiger partial charge in [-0.1, -0.05) is 30.3 Å². The SMILES string of the molecule is O=C(O)c1ccc(CC[C@H]2[C@H](CNNC(=O)c3ccccc3)[C@@H]3CC[C@H]2O3)cc1. The Morgan fingerprint density at radius 1 is 0.931 bits per heavy atom. The van der Waals surface area contributed by atoms with E-state index in [1.165, 1.54) is 0 Å². The first-order valence-corrected chi connectivity index (χ1v) is 10.2. The fourth-order valence-electron chi connectivity index (χ4n) is 4.61. The highest BCUT2D eigenvalue weighted by atomic mass is 16.5. The zero-order chi connectivity index (χ0) is 20.2. The van der Waals surface area contributed by atoms with E-state index in [0.717, 1.165) is 31.2 Å². The van der Waals surface area contributed by atoms with Crippen LogP contribution in [0.4, 0.5) is 0 Å². The highest BCUT2D eigenvalue weighted by molar-refractivity contribution is 5.93. The number of nitrogens with one attached hydrogen (secondary N) is 2. The van der Waals surface area contributed by atoms with Crippen molar-refractivity contribution in [2.45, 2.75) is 37.9 Å². The second-order valence-corrected chi connectivity index (χ2v) is 7.86. The summed E-state index contributed by atoms with van der Waals surface area (Å²) >= 11 is 0. The minimum absolute atomic E-state index is 0.134. The summed E-state index contributed by atoms with van der Waals surface area (Å²) in [7, 11) is 0. The maximum absolute atomic E-state index is 12.2. The number of ether oxygens (including phenoxy) is 1. The number of carbonyl (C=O) groups is 2. The van der Waals surface area contributed by atoms with Gasteiger partial charge in [-0.3, -0.25) is 10.2 Å². The maximum Gasteiger partial charge on any atom is 0.335 e. The Morgan fingerprint density at radius 2 is 1.62 bits per heavy atom.